The molecule has 0 aliphatic carbocycles. The molecule has 7 aromatic rings. The number of rotatable bonds is 12. The molecule has 6 N–H and O–H groups in total. The molecule has 0 atom stereocenters. The highest BCUT2D eigenvalue weighted by Gasteiger charge is 2.24. The molecule has 2 aliphatic heterocycles. The Bertz CT molecular complexity index is 2880. The summed E-state index contributed by atoms with van der Waals surface area (Å²) < 4.78 is 24.2. The van der Waals surface area contributed by atoms with E-state index in [1.54, 1.807) is 28.4 Å². The van der Waals surface area contributed by atoms with Gasteiger partial charge in [0.05, 0.1) is 62.3 Å². The van der Waals surface area contributed by atoms with E-state index < -0.39 is 0 Å². The second-order valence-electron chi connectivity index (χ2n) is 15.2. The predicted molar refractivity (Wildman–Crippen MR) is 265 cm³/mol. The Kier molecular flexibility index (Phi) is 11.2. The topological polar surface area (TPSA) is 142 Å². The first-order chi connectivity index (χ1) is 31.3. The van der Waals surface area contributed by atoms with Gasteiger partial charge in [-0.05, 0) is 120 Å². The first-order valence-electron chi connectivity index (χ1n) is 20.9. The minimum Gasteiger partial charge on any atom is -0.496 e. The summed E-state index contributed by atoms with van der Waals surface area (Å²) in [6.45, 7) is 0. The summed E-state index contributed by atoms with van der Waals surface area (Å²) in [5.74, 6) is 2.57. The summed E-state index contributed by atoms with van der Waals surface area (Å²) in [7, 11) is 14.4. The Balaban J connectivity index is 1.53. The van der Waals surface area contributed by atoms with Crippen LogP contribution in [0.5, 0.6) is 23.0 Å². The summed E-state index contributed by atoms with van der Waals surface area (Å²) in [5, 5.41) is 13.4. The van der Waals surface area contributed by atoms with Crippen molar-refractivity contribution >= 4 is 69.1 Å². The number of nitrogens with zero attached hydrogens (tertiary/aromatic N) is 2. The third-order valence-corrected chi connectivity index (χ3v) is 11.7. The molecule has 0 radical (unpaired) electrons. The molecule has 0 saturated heterocycles. The molecule has 0 amide bonds. The van der Waals surface area contributed by atoms with E-state index in [-0.39, 0.29) is 0 Å². The van der Waals surface area contributed by atoms with Crippen LogP contribution in [-0.2, 0) is 0 Å². The van der Waals surface area contributed by atoms with Crippen LogP contribution in [0.3, 0.4) is 0 Å². The molecule has 3 aromatic heterocycles. The maximum atomic E-state index is 6.06. The van der Waals surface area contributed by atoms with Crippen molar-refractivity contribution in [3.8, 4) is 67.5 Å². The van der Waals surface area contributed by atoms with Crippen LogP contribution in [0.4, 0.5) is 22.7 Å². The molecule has 9 rings (SSSR count). The van der Waals surface area contributed by atoms with Crippen LogP contribution >= 0.6 is 0 Å². The molecule has 0 saturated carbocycles. The molecule has 12 nitrogen and oxygen atoms in total. The lowest BCUT2D eigenvalue weighted by molar-refractivity contribution is 0.397. The van der Waals surface area contributed by atoms with Gasteiger partial charge in [-0.15, -0.1) is 0 Å². The van der Waals surface area contributed by atoms with E-state index in [2.05, 4.69) is 116 Å². The second kappa shape index (κ2) is 17.3. The van der Waals surface area contributed by atoms with Gasteiger partial charge in [-0.2, -0.15) is 0 Å². The zero-order valence-corrected chi connectivity index (χ0v) is 37.1. The molecule has 5 heterocycles. The normalized spacial score (nSPS) is 11.6. The molecule has 12 heteroatoms. The van der Waals surface area contributed by atoms with Crippen molar-refractivity contribution in [2.75, 3.05) is 77.9 Å². The van der Waals surface area contributed by atoms with Crippen molar-refractivity contribution in [3.63, 3.8) is 0 Å². The fourth-order valence-corrected chi connectivity index (χ4v) is 8.66. The zero-order valence-electron chi connectivity index (χ0n) is 37.1. The number of hydrogen-bond donors (Lipinski definition) is 6. The summed E-state index contributed by atoms with van der Waals surface area (Å²) in [6, 6.07) is 32.7. The summed E-state index contributed by atoms with van der Waals surface area (Å²) in [5.41, 5.74) is 16.8. The fraction of sp³-hybridized carbons (Fsp3) is 0.154. The lowest BCUT2D eigenvalue weighted by atomic mass is 10.0. The fourth-order valence-electron chi connectivity index (χ4n) is 8.66. The SMILES string of the molecule is CNc1cc(NC)cc(-c2c3nc(c(-c4c(OC)cccc4OC)c4ccc([nH]4)c(-c4cc(NC)cc(NC)c4)c4nc(c(-c5c(OC)cccc5OC)c5ccc2[nH]5)C=C4)C=C3)c1. The minimum atomic E-state index is 0.643. The third kappa shape index (κ3) is 7.28. The number of nitrogens with one attached hydrogen (secondary N) is 6. The number of anilines is 4. The van der Waals surface area contributed by atoms with Gasteiger partial charge in [0.15, 0.2) is 0 Å². The van der Waals surface area contributed by atoms with Crippen LogP contribution in [0.25, 0.3) is 90.9 Å². The first-order valence-corrected chi connectivity index (χ1v) is 20.9. The number of benzene rings is 4. The first kappa shape index (κ1) is 41.2. The van der Waals surface area contributed by atoms with Crippen LogP contribution in [-0.4, -0.2) is 76.6 Å². The summed E-state index contributed by atoms with van der Waals surface area (Å²) in [6.07, 6.45) is 8.25. The lowest BCUT2D eigenvalue weighted by Gasteiger charge is -2.15. The molecule has 322 valence electrons. The van der Waals surface area contributed by atoms with Crippen LogP contribution < -0.4 is 40.2 Å². The van der Waals surface area contributed by atoms with Gasteiger partial charge in [-0.25, -0.2) is 9.97 Å². The smallest absolute Gasteiger partial charge is 0.130 e. The Morgan fingerprint density at radius 1 is 0.359 bits per heavy atom. The van der Waals surface area contributed by atoms with Gasteiger partial charge in [-0.3, -0.25) is 0 Å². The molecule has 0 spiro atoms. The van der Waals surface area contributed by atoms with Crippen LogP contribution in [0, 0.1) is 0 Å². The van der Waals surface area contributed by atoms with Crippen molar-refractivity contribution in [1.82, 2.24) is 19.9 Å². The van der Waals surface area contributed by atoms with Gasteiger partial charge < -0.3 is 50.2 Å². The van der Waals surface area contributed by atoms with Gasteiger partial charge in [0.2, 0.25) is 0 Å². The Labute approximate surface area is 372 Å². The Morgan fingerprint density at radius 2 is 0.641 bits per heavy atom. The number of methoxy groups -OCH3 is 4. The standard InChI is InChI=1S/C52H50N8O4/c1-53-31-23-29(24-32(27-31)54-2)47-35-15-19-39(57-35)49(51-43(61-5)11-9-12-44(51)62-6)41-21-17-37(59-41)48(30-25-33(55-3)28-34(26-30)56-4)38-18-22-42(60-38)50(40-20-16-36(47)58-40)52-45(63-7)13-10-14-46(52)64-8/h9-28,53-57,60H,1-8H3. The highest BCUT2D eigenvalue weighted by Crippen LogP contribution is 2.46. The monoisotopic (exact) mass is 850 g/mol. The van der Waals surface area contributed by atoms with E-state index in [0.29, 0.717) is 23.0 Å². The van der Waals surface area contributed by atoms with E-state index in [0.717, 1.165) is 112 Å². The van der Waals surface area contributed by atoms with E-state index in [4.69, 9.17) is 28.9 Å². The molecule has 4 aromatic carbocycles. The number of fused-ring (bicyclic) bond motifs is 8. The van der Waals surface area contributed by atoms with E-state index in [1.165, 1.54) is 0 Å². The van der Waals surface area contributed by atoms with Gasteiger partial charge in [0.25, 0.3) is 0 Å². The Morgan fingerprint density at radius 3 is 0.922 bits per heavy atom. The lowest BCUT2D eigenvalue weighted by Crippen LogP contribution is -1.97. The predicted octanol–water partition coefficient (Wildman–Crippen LogP) is 11.5. The van der Waals surface area contributed by atoms with Gasteiger partial charge >= 0.3 is 0 Å². The van der Waals surface area contributed by atoms with Crippen molar-refractivity contribution < 1.29 is 18.9 Å². The maximum Gasteiger partial charge on any atom is 0.130 e. The number of H-pyrrole nitrogens is 2. The van der Waals surface area contributed by atoms with Gasteiger partial charge in [0.1, 0.15) is 23.0 Å². The molecule has 64 heavy (non-hydrogen) atoms. The van der Waals surface area contributed by atoms with Crippen LogP contribution in [0.15, 0.2) is 97.1 Å². The number of hydrogen-bond acceptors (Lipinski definition) is 10. The van der Waals surface area contributed by atoms with Gasteiger partial charge in [0, 0.05) is 95.3 Å². The molecule has 2 aliphatic rings. The van der Waals surface area contributed by atoms with Gasteiger partial charge in [-0.1, -0.05) is 12.1 Å². The Hall–Kier alpha value is -8.12. The summed E-state index contributed by atoms with van der Waals surface area (Å²) >= 11 is 0. The van der Waals surface area contributed by atoms with Crippen LogP contribution in [0.2, 0.25) is 0 Å². The van der Waals surface area contributed by atoms with Crippen LogP contribution in [0.1, 0.15) is 22.8 Å². The minimum absolute atomic E-state index is 0.643. The molecule has 0 fully saturated rings. The van der Waals surface area contributed by atoms with Crippen molar-refractivity contribution in [2.24, 2.45) is 0 Å². The maximum absolute atomic E-state index is 6.06. The average molecular weight is 851 g/mol. The number of aromatic nitrogens is 4. The molecule has 0 unspecified atom stereocenters. The second-order valence-corrected chi connectivity index (χ2v) is 15.2. The summed E-state index contributed by atoms with van der Waals surface area (Å²) in [4.78, 5) is 18.7. The number of aromatic amines is 2. The highest BCUT2D eigenvalue weighted by atomic mass is 16.5. The highest BCUT2D eigenvalue weighted by molar-refractivity contribution is 6.02. The quantitative estimate of drug-likeness (QED) is 0.0703. The zero-order chi connectivity index (χ0) is 44.5. The molecular weight excluding hydrogens is 801 g/mol. The largest absolute Gasteiger partial charge is 0.496 e. The van der Waals surface area contributed by atoms with Crippen molar-refractivity contribution in [3.05, 3.63) is 120 Å². The van der Waals surface area contributed by atoms with Crippen molar-refractivity contribution in [2.45, 2.75) is 0 Å². The van der Waals surface area contributed by atoms with E-state index >= 15 is 0 Å². The molecule has 8 bridgehead atoms. The van der Waals surface area contributed by atoms with E-state index in [9.17, 15) is 0 Å². The third-order valence-electron chi connectivity index (χ3n) is 11.7. The van der Waals surface area contributed by atoms with E-state index in [1.807, 2.05) is 64.6 Å². The van der Waals surface area contributed by atoms with Crippen molar-refractivity contribution in [1.29, 1.82) is 0 Å². The number of ether oxygens (including phenoxy) is 4. The molecular formula is C52H50N8O4. The average Bonchev–Trinajstić information content (AvgIpc) is 4.19.